The predicted molar refractivity (Wildman–Crippen MR) is 77.5 cm³/mol. The van der Waals surface area contributed by atoms with Crippen LogP contribution >= 0.6 is 0 Å². The molecular formula is C17H11F11. The van der Waals surface area contributed by atoms with Crippen LogP contribution in [0.5, 0.6) is 0 Å². The molecule has 0 aliphatic heterocycles. The van der Waals surface area contributed by atoms with Crippen LogP contribution < -0.4 is 0 Å². The summed E-state index contributed by atoms with van der Waals surface area (Å²) >= 11 is 0. The molecule has 2 aromatic carbocycles. The van der Waals surface area contributed by atoms with Gasteiger partial charge < -0.3 is 0 Å². The third-order valence-corrected chi connectivity index (χ3v) is 3.25. The Bertz CT molecular complexity index is 651. The standard InChI is InChI=1S/C9H3F9.C8H8F2/c10-7(11,12)4-1-5(8(13,14)15)3-6(2-4)9(16,17)18;9-5-7-1-2-8(6-10)4-3-7/h1-3H;1-4H,5-6H2. The first kappa shape index (κ1) is 23.7. The minimum absolute atomic E-state index is 0.366. The van der Waals surface area contributed by atoms with E-state index in [9.17, 15) is 48.3 Å². The molecule has 0 heterocycles. The predicted octanol–water partition coefficient (Wildman–Crippen LogP) is 7.37. The first-order valence-electron chi connectivity index (χ1n) is 7.25. The molecule has 11 heteroatoms. The molecule has 0 unspecified atom stereocenters. The molecule has 0 saturated heterocycles. The van der Waals surface area contributed by atoms with E-state index >= 15 is 0 Å². The Morgan fingerprint density at radius 1 is 0.464 bits per heavy atom. The second kappa shape index (κ2) is 8.78. The highest BCUT2D eigenvalue weighted by Gasteiger charge is 2.41. The minimum atomic E-state index is -5.29. The van der Waals surface area contributed by atoms with Crippen molar-refractivity contribution in [3.63, 3.8) is 0 Å². The van der Waals surface area contributed by atoms with Gasteiger partial charge in [-0.2, -0.15) is 39.5 Å². The van der Waals surface area contributed by atoms with Crippen molar-refractivity contribution in [1.82, 2.24) is 0 Å². The molecule has 0 N–H and O–H groups in total. The summed E-state index contributed by atoms with van der Waals surface area (Å²) in [6.07, 6.45) is -15.9. The van der Waals surface area contributed by atoms with Crippen LogP contribution in [0, 0.1) is 0 Å². The molecule has 0 nitrogen and oxygen atoms in total. The highest BCUT2D eigenvalue weighted by Crippen LogP contribution is 2.40. The number of rotatable bonds is 2. The van der Waals surface area contributed by atoms with Crippen LogP contribution in [0.3, 0.4) is 0 Å². The second-order valence-corrected chi connectivity index (χ2v) is 5.38. The van der Waals surface area contributed by atoms with Crippen LogP contribution in [0.25, 0.3) is 0 Å². The number of hydrogen-bond donors (Lipinski definition) is 0. The lowest BCUT2D eigenvalue weighted by molar-refractivity contribution is -0.148. The van der Waals surface area contributed by atoms with E-state index in [1.807, 2.05) is 0 Å². The molecular weight excluding hydrogens is 413 g/mol. The van der Waals surface area contributed by atoms with Gasteiger partial charge in [0.15, 0.2) is 0 Å². The van der Waals surface area contributed by atoms with E-state index in [0.29, 0.717) is 11.1 Å². The molecule has 0 bridgehead atoms. The normalized spacial score (nSPS) is 12.4. The number of benzene rings is 2. The van der Waals surface area contributed by atoms with Gasteiger partial charge in [0.2, 0.25) is 0 Å². The van der Waals surface area contributed by atoms with Crippen molar-refractivity contribution in [3.05, 3.63) is 70.3 Å². The van der Waals surface area contributed by atoms with Crippen LogP contribution in [-0.4, -0.2) is 0 Å². The van der Waals surface area contributed by atoms with Crippen molar-refractivity contribution in [2.24, 2.45) is 0 Å². The maximum absolute atomic E-state index is 12.2. The lowest BCUT2D eigenvalue weighted by Crippen LogP contribution is -2.15. The molecule has 0 aliphatic carbocycles. The van der Waals surface area contributed by atoms with Gasteiger partial charge in [-0.05, 0) is 29.3 Å². The highest BCUT2D eigenvalue weighted by molar-refractivity contribution is 5.35. The third-order valence-electron chi connectivity index (χ3n) is 3.25. The Hall–Kier alpha value is -2.33. The lowest BCUT2D eigenvalue weighted by Gasteiger charge is -2.15. The van der Waals surface area contributed by atoms with Crippen molar-refractivity contribution in [2.75, 3.05) is 0 Å². The van der Waals surface area contributed by atoms with Crippen molar-refractivity contribution < 1.29 is 48.3 Å². The Morgan fingerprint density at radius 2 is 0.679 bits per heavy atom. The maximum atomic E-state index is 12.2. The Balaban J connectivity index is 0.000000330. The molecule has 0 atom stereocenters. The van der Waals surface area contributed by atoms with E-state index in [4.69, 9.17) is 0 Å². The van der Waals surface area contributed by atoms with E-state index in [2.05, 4.69) is 0 Å². The van der Waals surface area contributed by atoms with E-state index < -0.39 is 48.6 Å². The van der Waals surface area contributed by atoms with E-state index in [1.54, 1.807) is 24.3 Å². The zero-order chi connectivity index (χ0) is 21.8. The molecule has 2 rings (SSSR count). The van der Waals surface area contributed by atoms with Crippen LogP contribution in [-0.2, 0) is 31.9 Å². The van der Waals surface area contributed by atoms with Gasteiger partial charge >= 0.3 is 18.5 Å². The van der Waals surface area contributed by atoms with E-state index in [0.717, 1.165) is 0 Å². The summed E-state index contributed by atoms with van der Waals surface area (Å²) < 4.78 is 133. The Morgan fingerprint density at radius 3 is 0.821 bits per heavy atom. The van der Waals surface area contributed by atoms with Gasteiger partial charge in [0.1, 0.15) is 13.3 Å². The largest absolute Gasteiger partial charge is 0.416 e. The molecule has 0 spiro atoms. The van der Waals surface area contributed by atoms with Gasteiger partial charge in [-0.15, -0.1) is 0 Å². The molecule has 0 aliphatic rings. The second-order valence-electron chi connectivity index (χ2n) is 5.38. The summed E-state index contributed by atoms with van der Waals surface area (Å²) in [6.45, 7) is -0.959. The SMILES string of the molecule is FC(F)(F)c1cc(C(F)(F)F)cc(C(F)(F)F)c1.FCc1ccc(CF)cc1. The summed E-state index contributed by atoms with van der Waals surface area (Å²) in [5.74, 6) is 0. The fourth-order valence-electron chi connectivity index (χ4n) is 1.84. The van der Waals surface area contributed by atoms with Crippen molar-refractivity contribution in [2.45, 2.75) is 31.9 Å². The van der Waals surface area contributed by atoms with E-state index in [-0.39, 0.29) is 18.2 Å². The summed E-state index contributed by atoms with van der Waals surface area (Å²) in [5, 5.41) is 0. The summed E-state index contributed by atoms with van der Waals surface area (Å²) in [6, 6.07) is 5.27. The molecule has 0 fully saturated rings. The highest BCUT2D eigenvalue weighted by atomic mass is 19.4. The quantitative estimate of drug-likeness (QED) is 0.442. The fraction of sp³-hybridized carbons (Fsp3) is 0.294. The van der Waals surface area contributed by atoms with Gasteiger partial charge in [0.25, 0.3) is 0 Å². The molecule has 0 amide bonds. The fourth-order valence-corrected chi connectivity index (χ4v) is 1.84. The lowest BCUT2D eigenvalue weighted by atomic mass is 10.0. The molecule has 156 valence electrons. The molecule has 0 saturated carbocycles. The van der Waals surface area contributed by atoms with Crippen molar-refractivity contribution >= 4 is 0 Å². The van der Waals surface area contributed by atoms with E-state index in [1.165, 1.54) is 0 Å². The van der Waals surface area contributed by atoms with Crippen LogP contribution in [0.15, 0.2) is 42.5 Å². The van der Waals surface area contributed by atoms with Gasteiger partial charge in [0.05, 0.1) is 16.7 Å². The Labute approximate surface area is 151 Å². The topological polar surface area (TPSA) is 0 Å². The maximum Gasteiger partial charge on any atom is 0.416 e. The zero-order valence-corrected chi connectivity index (χ0v) is 13.6. The van der Waals surface area contributed by atoms with Gasteiger partial charge in [-0.3, -0.25) is 0 Å². The van der Waals surface area contributed by atoms with Gasteiger partial charge in [0, 0.05) is 0 Å². The minimum Gasteiger partial charge on any atom is -0.246 e. The average molecular weight is 424 g/mol. The molecule has 2 aromatic rings. The van der Waals surface area contributed by atoms with Crippen molar-refractivity contribution in [3.8, 4) is 0 Å². The van der Waals surface area contributed by atoms with Crippen LogP contribution in [0.2, 0.25) is 0 Å². The monoisotopic (exact) mass is 424 g/mol. The Kier molecular flexibility index (Phi) is 7.44. The van der Waals surface area contributed by atoms with Gasteiger partial charge in [-0.25, -0.2) is 8.78 Å². The first-order chi connectivity index (χ1) is 12.7. The number of hydrogen-bond acceptors (Lipinski definition) is 0. The molecule has 0 radical (unpaired) electrons. The van der Waals surface area contributed by atoms with Crippen LogP contribution in [0.4, 0.5) is 48.3 Å². The third kappa shape index (κ3) is 7.01. The zero-order valence-electron chi connectivity index (χ0n) is 13.6. The first-order valence-corrected chi connectivity index (χ1v) is 7.25. The summed E-state index contributed by atoms with van der Waals surface area (Å²) in [4.78, 5) is 0. The summed E-state index contributed by atoms with van der Waals surface area (Å²) in [7, 11) is 0. The smallest absolute Gasteiger partial charge is 0.246 e. The summed E-state index contributed by atoms with van der Waals surface area (Å²) in [5.41, 5.74) is -4.80. The number of halogens is 11. The average Bonchev–Trinajstić information content (AvgIpc) is 2.59. The number of alkyl halides is 11. The van der Waals surface area contributed by atoms with Crippen LogP contribution in [0.1, 0.15) is 27.8 Å². The molecule has 0 aromatic heterocycles. The van der Waals surface area contributed by atoms with Crippen molar-refractivity contribution in [1.29, 1.82) is 0 Å². The van der Waals surface area contributed by atoms with Gasteiger partial charge in [-0.1, -0.05) is 24.3 Å². The molecule has 28 heavy (non-hydrogen) atoms.